The van der Waals surface area contributed by atoms with E-state index in [1.807, 2.05) is 0 Å². The van der Waals surface area contributed by atoms with Crippen LogP contribution in [0, 0.1) is 5.82 Å². The van der Waals surface area contributed by atoms with Crippen molar-refractivity contribution in [1.82, 2.24) is 15.2 Å². The Labute approximate surface area is 82.9 Å². The Bertz CT molecular complexity index is 310. The number of likely N-dealkylation sites (N-methyl/N-ethyl adjacent to an activating group) is 1. The second-order valence-corrected chi connectivity index (χ2v) is 3.81. The van der Waals surface area contributed by atoms with E-state index in [0.29, 0.717) is 12.6 Å². The van der Waals surface area contributed by atoms with Gasteiger partial charge in [0.1, 0.15) is 5.82 Å². The summed E-state index contributed by atoms with van der Waals surface area (Å²) >= 11 is 0. The van der Waals surface area contributed by atoms with E-state index in [4.69, 9.17) is 0 Å². The second-order valence-electron chi connectivity index (χ2n) is 3.81. The van der Waals surface area contributed by atoms with Crippen LogP contribution in [-0.4, -0.2) is 36.1 Å². The standard InChI is InChI=1S/C10H14FN3/c1-14-6-10(7-14)13-4-8-2-9(11)5-12-3-8/h2-3,5,10,13H,4,6-7H2,1H3. The molecule has 0 atom stereocenters. The van der Waals surface area contributed by atoms with Gasteiger partial charge in [0.15, 0.2) is 0 Å². The van der Waals surface area contributed by atoms with Gasteiger partial charge in [0.25, 0.3) is 0 Å². The molecule has 0 saturated carbocycles. The minimum atomic E-state index is -0.268. The van der Waals surface area contributed by atoms with Crippen molar-refractivity contribution in [3.05, 3.63) is 29.8 Å². The average Bonchev–Trinajstić information content (AvgIpc) is 2.11. The fourth-order valence-corrected chi connectivity index (χ4v) is 1.64. The molecule has 0 aromatic carbocycles. The van der Waals surface area contributed by atoms with E-state index >= 15 is 0 Å². The molecule has 0 aliphatic carbocycles. The summed E-state index contributed by atoms with van der Waals surface area (Å²) in [6.45, 7) is 2.84. The summed E-state index contributed by atoms with van der Waals surface area (Å²) in [6.07, 6.45) is 2.92. The monoisotopic (exact) mass is 195 g/mol. The number of aromatic nitrogens is 1. The highest BCUT2D eigenvalue weighted by Crippen LogP contribution is 2.06. The smallest absolute Gasteiger partial charge is 0.141 e. The zero-order valence-corrected chi connectivity index (χ0v) is 8.20. The zero-order valence-electron chi connectivity index (χ0n) is 8.20. The maximum Gasteiger partial charge on any atom is 0.141 e. The lowest BCUT2D eigenvalue weighted by Gasteiger charge is -2.36. The van der Waals surface area contributed by atoms with Gasteiger partial charge in [0.05, 0.1) is 6.20 Å². The van der Waals surface area contributed by atoms with Gasteiger partial charge in [0, 0.05) is 31.9 Å². The van der Waals surface area contributed by atoms with E-state index in [1.54, 1.807) is 6.20 Å². The minimum Gasteiger partial charge on any atom is -0.307 e. The van der Waals surface area contributed by atoms with Crippen LogP contribution >= 0.6 is 0 Å². The Balaban J connectivity index is 1.80. The Hall–Kier alpha value is -1.00. The highest BCUT2D eigenvalue weighted by atomic mass is 19.1. The molecule has 1 aliphatic rings. The Morgan fingerprint density at radius 1 is 1.57 bits per heavy atom. The number of rotatable bonds is 3. The molecule has 14 heavy (non-hydrogen) atoms. The van der Waals surface area contributed by atoms with Crippen molar-refractivity contribution in [2.75, 3.05) is 20.1 Å². The Morgan fingerprint density at radius 3 is 3.00 bits per heavy atom. The summed E-state index contributed by atoms with van der Waals surface area (Å²) in [5.41, 5.74) is 0.902. The summed E-state index contributed by atoms with van der Waals surface area (Å²) in [6, 6.07) is 2.06. The van der Waals surface area contributed by atoms with Crippen molar-refractivity contribution in [3.8, 4) is 0 Å². The van der Waals surface area contributed by atoms with E-state index in [0.717, 1.165) is 18.7 Å². The maximum absolute atomic E-state index is 12.8. The average molecular weight is 195 g/mol. The van der Waals surface area contributed by atoms with Crippen molar-refractivity contribution >= 4 is 0 Å². The van der Waals surface area contributed by atoms with Crippen molar-refractivity contribution in [2.24, 2.45) is 0 Å². The maximum atomic E-state index is 12.8. The first-order valence-electron chi connectivity index (χ1n) is 4.75. The van der Waals surface area contributed by atoms with Crippen molar-refractivity contribution < 1.29 is 4.39 Å². The molecule has 1 aromatic heterocycles. The summed E-state index contributed by atoms with van der Waals surface area (Å²) in [7, 11) is 2.09. The third-order valence-corrected chi connectivity index (χ3v) is 2.42. The van der Waals surface area contributed by atoms with Crippen LogP contribution in [0.4, 0.5) is 4.39 Å². The Morgan fingerprint density at radius 2 is 2.36 bits per heavy atom. The third kappa shape index (κ3) is 2.27. The minimum absolute atomic E-state index is 0.268. The highest BCUT2D eigenvalue weighted by Gasteiger charge is 2.21. The molecule has 0 radical (unpaired) electrons. The number of halogens is 1. The van der Waals surface area contributed by atoms with Crippen LogP contribution in [0.5, 0.6) is 0 Å². The molecule has 0 amide bonds. The second kappa shape index (κ2) is 4.02. The molecule has 1 aromatic rings. The lowest BCUT2D eigenvalue weighted by Crippen LogP contribution is -2.55. The summed E-state index contributed by atoms with van der Waals surface area (Å²) < 4.78 is 12.8. The number of hydrogen-bond acceptors (Lipinski definition) is 3. The molecular formula is C10H14FN3. The molecule has 76 valence electrons. The van der Waals surface area contributed by atoms with Crippen LogP contribution in [0.1, 0.15) is 5.56 Å². The Kier molecular flexibility index (Phi) is 2.74. The van der Waals surface area contributed by atoms with Crippen LogP contribution in [0.3, 0.4) is 0 Å². The molecule has 2 rings (SSSR count). The molecule has 1 aliphatic heterocycles. The summed E-state index contributed by atoms with van der Waals surface area (Å²) in [5, 5.41) is 3.34. The van der Waals surface area contributed by atoms with E-state index in [1.165, 1.54) is 12.3 Å². The van der Waals surface area contributed by atoms with Gasteiger partial charge >= 0.3 is 0 Å². The molecule has 1 fully saturated rings. The quantitative estimate of drug-likeness (QED) is 0.766. The number of nitrogens with zero attached hydrogens (tertiary/aromatic N) is 2. The van der Waals surface area contributed by atoms with Gasteiger partial charge in [-0.25, -0.2) is 4.39 Å². The van der Waals surface area contributed by atoms with E-state index in [-0.39, 0.29) is 5.82 Å². The van der Waals surface area contributed by atoms with Gasteiger partial charge in [-0.05, 0) is 18.7 Å². The van der Waals surface area contributed by atoms with Gasteiger partial charge in [-0.2, -0.15) is 0 Å². The van der Waals surface area contributed by atoms with Crippen molar-refractivity contribution in [1.29, 1.82) is 0 Å². The number of hydrogen-bond donors (Lipinski definition) is 1. The first-order valence-corrected chi connectivity index (χ1v) is 4.75. The SMILES string of the molecule is CN1CC(NCc2cncc(F)c2)C1. The van der Waals surface area contributed by atoms with Gasteiger partial charge in [-0.3, -0.25) is 4.98 Å². The van der Waals surface area contributed by atoms with Crippen LogP contribution < -0.4 is 5.32 Å². The fraction of sp³-hybridized carbons (Fsp3) is 0.500. The van der Waals surface area contributed by atoms with Crippen LogP contribution in [0.25, 0.3) is 0 Å². The highest BCUT2D eigenvalue weighted by molar-refractivity contribution is 5.10. The third-order valence-electron chi connectivity index (χ3n) is 2.42. The van der Waals surface area contributed by atoms with Crippen LogP contribution in [-0.2, 0) is 6.54 Å². The molecule has 1 N–H and O–H groups in total. The van der Waals surface area contributed by atoms with E-state index in [9.17, 15) is 4.39 Å². The normalized spacial score (nSPS) is 18.1. The van der Waals surface area contributed by atoms with Crippen LogP contribution in [0.2, 0.25) is 0 Å². The predicted molar refractivity (Wildman–Crippen MR) is 52.3 cm³/mol. The molecule has 0 unspecified atom stereocenters. The van der Waals surface area contributed by atoms with E-state index in [2.05, 4.69) is 22.2 Å². The first-order chi connectivity index (χ1) is 6.74. The number of likely N-dealkylation sites (tertiary alicyclic amines) is 1. The van der Waals surface area contributed by atoms with Crippen LogP contribution in [0.15, 0.2) is 18.5 Å². The van der Waals surface area contributed by atoms with Gasteiger partial charge < -0.3 is 10.2 Å². The number of pyridine rings is 1. The zero-order chi connectivity index (χ0) is 9.97. The molecule has 2 heterocycles. The summed E-state index contributed by atoms with van der Waals surface area (Å²) in [4.78, 5) is 6.03. The molecule has 4 heteroatoms. The topological polar surface area (TPSA) is 28.2 Å². The van der Waals surface area contributed by atoms with Crippen molar-refractivity contribution in [3.63, 3.8) is 0 Å². The molecular weight excluding hydrogens is 181 g/mol. The number of nitrogens with one attached hydrogen (secondary N) is 1. The summed E-state index contributed by atoms with van der Waals surface area (Å²) in [5.74, 6) is -0.268. The van der Waals surface area contributed by atoms with Gasteiger partial charge in [0.2, 0.25) is 0 Å². The van der Waals surface area contributed by atoms with Crippen molar-refractivity contribution in [2.45, 2.75) is 12.6 Å². The molecule has 0 bridgehead atoms. The predicted octanol–water partition coefficient (Wildman–Crippen LogP) is 0.624. The first kappa shape index (κ1) is 9.55. The van der Waals surface area contributed by atoms with Gasteiger partial charge in [-0.15, -0.1) is 0 Å². The largest absolute Gasteiger partial charge is 0.307 e. The molecule has 0 spiro atoms. The van der Waals surface area contributed by atoms with Gasteiger partial charge in [-0.1, -0.05) is 0 Å². The fourth-order valence-electron chi connectivity index (χ4n) is 1.64. The lowest BCUT2D eigenvalue weighted by atomic mass is 10.1. The van der Waals surface area contributed by atoms with E-state index < -0.39 is 0 Å². The molecule has 3 nitrogen and oxygen atoms in total. The lowest BCUT2D eigenvalue weighted by molar-refractivity contribution is 0.161. The molecule has 1 saturated heterocycles.